The maximum absolute atomic E-state index is 12.7. The van der Waals surface area contributed by atoms with Gasteiger partial charge in [-0.25, -0.2) is 0 Å². The molecule has 8 heteroatoms. The molecule has 1 N–H and O–H groups in total. The molecule has 0 radical (unpaired) electrons. The second-order valence-electron chi connectivity index (χ2n) is 7.60. The van der Waals surface area contributed by atoms with Crippen molar-refractivity contribution in [1.82, 2.24) is 4.90 Å². The van der Waals surface area contributed by atoms with Gasteiger partial charge < -0.3 is 24.6 Å². The first kappa shape index (κ1) is 21.3. The maximum Gasteiger partial charge on any atom is 0.255 e. The first-order chi connectivity index (χ1) is 15.0. The third-order valence-electron chi connectivity index (χ3n) is 5.45. The van der Waals surface area contributed by atoms with Crippen LogP contribution in [0.25, 0.3) is 0 Å². The third-order valence-corrected chi connectivity index (χ3v) is 5.75. The topological polar surface area (TPSA) is 71.1 Å². The molecule has 31 heavy (non-hydrogen) atoms. The van der Waals surface area contributed by atoms with Gasteiger partial charge in [-0.15, -0.1) is 0 Å². The van der Waals surface area contributed by atoms with E-state index in [2.05, 4.69) is 10.2 Å². The largest absolute Gasteiger partial charge is 0.486 e. The van der Waals surface area contributed by atoms with E-state index in [1.165, 1.54) is 0 Å². The molecule has 164 valence electrons. The number of rotatable bonds is 5. The number of fused-ring (bicyclic) bond motifs is 1. The highest BCUT2D eigenvalue weighted by atomic mass is 35.5. The Bertz CT molecular complexity index is 973. The lowest BCUT2D eigenvalue weighted by Crippen LogP contribution is -2.48. The van der Waals surface area contributed by atoms with Crippen molar-refractivity contribution in [3.63, 3.8) is 0 Å². The zero-order valence-corrected chi connectivity index (χ0v) is 18.3. The molecule has 0 aliphatic carbocycles. The smallest absolute Gasteiger partial charge is 0.255 e. The van der Waals surface area contributed by atoms with Crippen LogP contribution in [0.15, 0.2) is 36.4 Å². The minimum Gasteiger partial charge on any atom is -0.486 e. The van der Waals surface area contributed by atoms with Gasteiger partial charge in [0.2, 0.25) is 5.91 Å². The van der Waals surface area contributed by atoms with Gasteiger partial charge in [0.25, 0.3) is 5.91 Å². The van der Waals surface area contributed by atoms with Gasteiger partial charge in [-0.05, 0) is 42.8 Å². The van der Waals surface area contributed by atoms with Crippen LogP contribution < -0.4 is 19.7 Å². The fourth-order valence-electron chi connectivity index (χ4n) is 3.80. The number of carbonyl (C=O) groups excluding carboxylic acids is 2. The number of hydrogen-bond donors (Lipinski definition) is 1. The van der Waals surface area contributed by atoms with E-state index < -0.39 is 0 Å². The van der Waals surface area contributed by atoms with E-state index in [-0.39, 0.29) is 11.8 Å². The fraction of sp³-hybridized carbons (Fsp3) is 0.391. The Labute approximate surface area is 186 Å². The van der Waals surface area contributed by atoms with E-state index in [4.69, 9.17) is 21.1 Å². The molecule has 0 unspecified atom stereocenters. The molecule has 7 nitrogen and oxygen atoms in total. The van der Waals surface area contributed by atoms with Gasteiger partial charge in [-0.1, -0.05) is 18.5 Å². The van der Waals surface area contributed by atoms with Crippen LogP contribution in [0.2, 0.25) is 5.02 Å². The summed E-state index contributed by atoms with van der Waals surface area (Å²) in [4.78, 5) is 28.8. The van der Waals surface area contributed by atoms with Crippen LogP contribution in [0.1, 0.15) is 30.1 Å². The summed E-state index contributed by atoms with van der Waals surface area (Å²) < 4.78 is 11.0. The van der Waals surface area contributed by atoms with Crippen molar-refractivity contribution in [2.75, 3.05) is 49.6 Å². The van der Waals surface area contributed by atoms with Gasteiger partial charge in [-0.2, -0.15) is 0 Å². The maximum atomic E-state index is 12.7. The number of piperazine rings is 1. The number of hydrogen-bond acceptors (Lipinski definition) is 5. The quantitative estimate of drug-likeness (QED) is 0.760. The summed E-state index contributed by atoms with van der Waals surface area (Å²) in [5, 5.41) is 3.44. The Morgan fingerprint density at radius 1 is 1.00 bits per heavy atom. The number of nitrogens with zero attached hydrogens (tertiary/aromatic N) is 2. The summed E-state index contributed by atoms with van der Waals surface area (Å²) in [5.41, 5.74) is 2.00. The second-order valence-corrected chi connectivity index (χ2v) is 8.00. The number of benzene rings is 2. The molecule has 0 saturated carbocycles. The highest BCUT2D eigenvalue weighted by Gasteiger charge is 2.22. The molecule has 2 amide bonds. The monoisotopic (exact) mass is 443 g/mol. The molecule has 2 heterocycles. The van der Waals surface area contributed by atoms with Gasteiger partial charge in [0.1, 0.15) is 13.2 Å². The summed E-state index contributed by atoms with van der Waals surface area (Å²) in [6.45, 7) is 5.84. The Hall–Kier alpha value is -2.93. The van der Waals surface area contributed by atoms with E-state index in [1.807, 2.05) is 24.0 Å². The second kappa shape index (κ2) is 9.47. The average Bonchev–Trinajstić information content (AvgIpc) is 2.79. The van der Waals surface area contributed by atoms with Crippen LogP contribution in [0, 0.1) is 0 Å². The highest BCUT2D eigenvalue weighted by Crippen LogP contribution is 2.32. The van der Waals surface area contributed by atoms with Crippen molar-refractivity contribution >= 4 is 34.8 Å². The minimum atomic E-state index is -0.246. The van der Waals surface area contributed by atoms with Gasteiger partial charge in [0.05, 0.1) is 10.7 Å². The first-order valence-electron chi connectivity index (χ1n) is 10.6. The zero-order chi connectivity index (χ0) is 21.8. The van der Waals surface area contributed by atoms with Gasteiger partial charge >= 0.3 is 0 Å². The Morgan fingerprint density at radius 2 is 1.74 bits per heavy atom. The van der Waals surface area contributed by atoms with Gasteiger partial charge in [0.15, 0.2) is 11.5 Å². The number of amides is 2. The first-order valence-corrected chi connectivity index (χ1v) is 11.0. The lowest BCUT2D eigenvalue weighted by molar-refractivity contribution is -0.131. The molecular formula is C23H26ClN3O4. The molecule has 1 fully saturated rings. The van der Waals surface area contributed by atoms with Crippen molar-refractivity contribution in [2.24, 2.45) is 0 Å². The molecule has 0 bridgehead atoms. The summed E-state index contributed by atoms with van der Waals surface area (Å²) in [7, 11) is 0. The van der Waals surface area contributed by atoms with E-state index >= 15 is 0 Å². The molecule has 2 aliphatic rings. The average molecular weight is 444 g/mol. The third kappa shape index (κ3) is 4.88. The molecule has 2 aliphatic heterocycles. The van der Waals surface area contributed by atoms with E-state index in [1.54, 1.807) is 24.3 Å². The number of ether oxygens (including phenoxy) is 2. The summed E-state index contributed by atoms with van der Waals surface area (Å²) in [5.74, 6) is 1.19. The van der Waals surface area contributed by atoms with Crippen LogP contribution in [-0.2, 0) is 4.79 Å². The SMILES string of the molecule is CCCC(=O)N1CCN(c2ccc(NC(=O)c3ccc4c(c3)OCCO4)cc2Cl)CC1. The number of carbonyl (C=O) groups is 2. The summed E-state index contributed by atoms with van der Waals surface area (Å²) >= 11 is 6.53. The van der Waals surface area contributed by atoms with E-state index in [0.29, 0.717) is 60.5 Å². The van der Waals surface area contributed by atoms with Crippen molar-refractivity contribution in [3.05, 3.63) is 47.0 Å². The fourth-order valence-corrected chi connectivity index (χ4v) is 4.10. The molecular weight excluding hydrogens is 418 g/mol. The highest BCUT2D eigenvalue weighted by molar-refractivity contribution is 6.33. The van der Waals surface area contributed by atoms with Crippen molar-refractivity contribution in [3.8, 4) is 11.5 Å². The summed E-state index contributed by atoms with van der Waals surface area (Å²) in [6.07, 6.45) is 1.46. The van der Waals surface area contributed by atoms with Crippen LogP contribution in [0.5, 0.6) is 11.5 Å². The molecule has 4 rings (SSSR count). The molecule has 0 spiro atoms. The van der Waals surface area contributed by atoms with E-state index in [0.717, 1.165) is 25.2 Å². The number of anilines is 2. The standard InChI is InChI=1S/C23H26ClN3O4/c1-2-3-22(28)27-10-8-26(9-11-27)19-6-5-17(15-18(19)24)25-23(29)16-4-7-20-21(14-16)31-13-12-30-20/h4-7,14-15H,2-3,8-13H2,1H3,(H,25,29). The van der Waals surface area contributed by atoms with Crippen LogP contribution in [0.3, 0.4) is 0 Å². The Morgan fingerprint density at radius 3 is 2.45 bits per heavy atom. The summed E-state index contributed by atoms with van der Waals surface area (Å²) in [6, 6.07) is 10.6. The lowest BCUT2D eigenvalue weighted by atomic mass is 10.1. The number of halogens is 1. The normalized spacial score (nSPS) is 15.5. The van der Waals surface area contributed by atoms with Crippen LogP contribution >= 0.6 is 11.6 Å². The Balaban J connectivity index is 1.39. The van der Waals surface area contributed by atoms with Crippen LogP contribution in [-0.4, -0.2) is 56.1 Å². The number of nitrogens with one attached hydrogen (secondary N) is 1. The predicted octanol–water partition coefficient (Wildman–Crippen LogP) is 3.81. The van der Waals surface area contributed by atoms with Crippen LogP contribution in [0.4, 0.5) is 11.4 Å². The molecule has 2 aromatic rings. The van der Waals surface area contributed by atoms with Gasteiger partial charge in [0, 0.05) is 43.9 Å². The van der Waals surface area contributed by atoms with Crippen molar-refractivity contribution in [2.45, 2.75) is 19.8 Å². The minimum absolute atomic E-state index is 0.213. The van der Waals surface area contributed by atoms with Gasteiger partial charge in [-0.3, -0.25) is 9.59 Å². The zero-order valence-electron chi connectivity index (χ0n) is 17.5. The van der Waals surface area contributed by atoms with Crippen molar-refractivity contribution in [1.29, 1.82) is 0 Å². The molecule has 0 atom stereocenters. The Kier molecular flexibility index (Phi) is 6.51. The molecule has 1 saturated heterocycles. The molecule has 2 aromatic carbocycles. The molecule has 0 aromatic heterocycles. The van der Waals surface area contributed by atoms with E-state index in [9.17, 15) is 9.59 Å². The lowest BCUT2D eigenvalue weighted by Gasteiger charge is -2.36. The van der Waals surface area contributed by atoms with Crippen molar-refractivity contribution < 1.29 is 19.1 Å². The predicted molar refractivity (Wildman–Crippen MR) is 121 cm³/mol.